The molecule has 0 aliphatic heterocycles. The lowest BCUT2D eigenvalue weighted by molar-refractivity contribution is 0.156. The van der Waals surface area contributed by atoms with Crippen LogP contribution in [-0.2, 0) is 5.11 Å². The molecule has 0 fully saturated rings. The van der Waals surface area contributed by atoms with Crippen LogP contribution in [-0.4, -0.2) is 82.2 Å². The van der Waals surface area contributed by atoms with Gasteiger partial charge >= 0.3 is 0 Å². The van der Waals surface area contributed by atoms with E-state index in [4.69, 9.17) is 0 Å². The van der Waals surface area contributed by atoms with Gasteiger partial charge < -0.3 is 14.7 Å². The summed E-state index contributed by atoms with van der Waals surface area (Å²) in [6.45, 7) is 5.21. The van der Waals surface area contributed by atoms with Crippen molar-refractivity contribution in [2.24, 2.45) is 0 Å². The molecule has 0 N–H and O–H groups in total. The molecule has 0 heterocycles. The van der Waals surface area contributed by atoms with Crippen LogP contribution in [0.15, 0.2) is 0 Å². The molecule has 4 nitrogen and oxygen atoms in total. The zero-order chi connectivity index (χ0) is 11.7. The summed E-state index contributed by atoms with van der Waals surface area (Å²) in [6, 6.07) is 0. The Morgan fingerprint density at radius 1 is 0.733 bits per heavy atom. The quantitative estimate of drug-likeness (QED) is 0.553. The van der Waals surface area contributed by atoms with Gasteiger partial charge in [-0.25, -0.2) is 5.11 Å². The molecular formula is C11H26N3O. The molecule has 0 aromatic carbocycles. The maximum absolute atomic E-state index is 10.5. The fourth-order valence-electron chi connectivity index (χ4n) is 1.31. The molecule has 4 heteroatoms. The normalized spacial score (nSPS) is 12.0. The Morgan fingerprint density at radius 2 is 1.20 bits per heavy atom. The van der Waals surface area contributed by atoms with Gasteiger partial charge in [0.1, 0.15) is 0 Å². The van der Waals surface area contributed by atoms with Crippen molar-refractivity contribution < 1.29 is 5.11 Å². The fraction of sp³-hybridized carbons (Fsp3) is 1.00. The van der Waals surface area contributed by atoms with Crippen LogP contribution in [0, 0.1) is 0 Å². The van der Waals surface area contributed by atoms with Crippen LogP contribution in [0.3, 0.4) is 0 Å². The summed E-state index contributed by atoms with van der Waals surface area (Å²) < 4.78 is 0. The van der Waals surface area contributed by atoms with E-state index in [2.05, 4.69) is 42.9 Å². The lowest BCUT2D eigenvalue weighted by atomic mass is 10.3. The van der Waals surface area contributed by atoms with E-state index < -0.39 is 0 Å². The number of hydrogen-bond donors (Lipinski definition) is 0. The van der Waals surface area contributed by atoms with Gasteiger partial charge in [0.2, 0.25) is 0 Å². The summed E-state index contributed by atoms with van der Waals surface area (Å²) in [4.78, 5) is 6.73. The average Bonchev–Trinajstić information content (AvgIpc) is 2.16. The number of rotatable bonds is 9. The third kappa shape index (κ3) is 10.1. The van der Waals surface area contributed by atoms with Gasteiger partial charge in [0, 0.05) is 32.7 Å². The van der Waals surface area contributed by atoms with Crippen molar-refractivity contribution in [3.63, 3.8) is 0 Å². The van der Waals surface area contributed by atoms with Crippen molar-refractivity contribution in [2.45, 2.75) is 6.42 Å². The van der Waals surface area contributed by atoms with Gasteiger partial charge in [-0.1, -0.05) is 0 Å². The number of hydrogen-bond acceptors (Lipinski definition) is 3. The van der Waals surface area contributed by atoms with E-state index in [9.17, 15) is 5.11 Å². The molecule has 0 aromatic rings. The van der Waals surface area contributed by atoms with E-state index in [0.717, 1.165) is 39.1 Å². The minimum Gasteiger partial charge on any atom is -0.308 e. The Labute approximate surface area is 94.5 Å². The van der Waals surface area contributed by atoms with Crippen LogP contribution in [0.25, 0.3) is 0 Å². The van der Waals surface area contributed by atoms with E-state index in [-0.39, 0.29) is 6.61 Å². The van der Waals surface area contributed by atoms with Crippen LogP contribution in [0.2, 0.25) is 0 Å². The first-order valence-corrected chi connectivity index (χ1v) is 5.66. The summed E-state index contributed by atoms with van der Waals surface area (Å²) in [7, 11) is 8.32. The monoisotopic (exact) mass is 216 g/mol. The predicted octanol–water partition coefficient (Wildman–Crippen LogP) is 0.232. The highest BCUT2D eigenvalue weighted by Crippen LogP contribution is 1.93. The Hall–Kier alpha value is -0.160. The van der Waals surface area contributed by atoms with Crippen LogP contribution in [0.4, 0.5) is 0 Å². The molecule has 0 saturated carbocycles. The molecule has 0 spiro atoms. The van der Waals surface area contributed by atoms with E-state index >= 15 is 0 Å². The molecule has 0 aliphatic rings. The van der Waals surface area contributed by atoms with Crippen molar-refractivity contribution in [2.75, 3.05) is 67.5 Å². The lowest BCUT2D eigenvalue weighted by Gasteiger charge is -2.25. The van der Waals surface area contributed by atoms with Crippen LogP contribution >= 0.6 is 0 Å². The highest BCUT2D eigenvalue weighted by atomic mass is 16.3. The zero-order valence-corrected chi connectivity index (χ0v) is 10.7. The Balaban J connectivity index is 3.73. The topological polar surface area (TPSA) is 29.6 Å². The van der Waals surface area contributed by atoms with Crippen molar-refractivity contribution in [3.8, 4) is 0 Å². The fourth-order valence-corrected chi connectivity index (χ4v) is 1.31. The zero-order valence-electron chi connectivity index (χ0n) is 10.7. The number of likely N-dealkylation sites (N-methyl/N-ethyl adjacent to an activating group) is 2. The van der Waals surface area contributed by atoms with E-state index in [1.54, 1.807) is 0 Å². The van der Waals surface area contributed by atoms with Gasteiger partial charge in [-0.05, 0) is 34.6 Å². The standard InChI is InChI=1S/C11H26N3O/c1-12(2)7-9-14(6-5-11-15)10-8-13(3)4/h5-11H2,1-4H3. The van der Waals surface area contributed by atoms with Gasteiger partial charge in [-0.15, -0.1) is 0 Å². The van der Waals surface area contributed by atoms with Crippen molar-refractivity contribution in [3.05, 3.63) is 0 Å². The first kappa shape index (κ1) is 14.8. The van der Waals surface area contributed by atoms with Crippen molar-refractivity contribution >= 4 is 0 Å². The van der Waals surface area contributed by atoms with Crippen LogP contribution < -0.4 is 0 Å². The molecule has 0 saturated heterocycles. The molecule has 0 aromatic heterocycles. The third-order valence-electron chi connectivity index (χ3n) is 2.35. The largest absolute Gasteiger partial charge is 0.308 e. The third-order valence-corrected chi connectivity index (χ3v) is 2.35. The Morgan fingerprint density at radius 3 is 1.53 bits per heavy atom. The van der Waals surface area contributed by atoms with Gasteiger partial charge in [-0.3, -0.25) is 0 Å². The highest BCUT2D eigenvalue weighted by Gasteiger charge is 2.05. The van der Waals surface area contributed by atoms with Crippen molar-refractivity contribution in [1.82, 2.24) is 14.7 Å². The van der Waals surface area contributed by atoms with Gasteiger partial charge in [0.15, 0.2) is 0 Å². The SMILES string of the molecule is CN(C)CCN(CCC[O])CCN(C)C. The van der Waals surface area contributed by atoms with E-state index in [0.29, 0.717) is 0 Å². The van der Waals surface area contributed by atoms with Crippen LogP contribution in [0.1, 0.15) is 6.42 Å². The molecule has 0 unspecified atom stereocenters. The van der Waals surface area contributed by atoms with Crippen LogP contribution in [0.5, 0.6) is 0 Å². The second kappa shape index (κ2) is 9.09. The molecule has 91 valence electrons. The summed E-state index contributed by atoms with van der Waals surface area (Å²) >= 11 is 0. The second-order valence-corrected chi connectivity index (χ2v) is 4.51. The summed E-state index contributed by atoms with van der Waals surface area (Å²) in [6.07, 6.45) is 0.765. The molecule has 0 aliphatic carbocycles. The maximum Gasteiger partial charge on any atom is 0.0834 e. The minimum atomic E-state index is 0.0421. The van der Waals surface area contributed by atoms with Gasteiger partial charge in [-0.2, -0.15) is 0 Å². The lowest BCUT2D eigenvalue weighted by Crippen LogP contribution is -2.37. The molecule has 1 radical (unpaired) electrons. The molecule has 15 heavy (non-hydrogen) atoms. The smallest absolute Gasteiger partial charge is 0.0834 e. The van der Waals surface area contributed by atoms with Crippen molar-refractivity contribution in [1.29, 1.82) is 0 Å². The Bertz CT molecular complexity index is 128. The highest BCUT2D eigenvalue weighted by molar-refractivity contribution is 4.61. The molecule has 0 atom stereocenters. The predicted molar refractivity (Wildman–Crippen MR) is 63.7 cm³/mol. The number of nitrogens with zero attached hydrogens (tertiary/aromatic N) is 3. The van der Waals surface area contributed by atoms with E-state index in [1.165, 1.54) is 0 Å². The molecular weight excluding hydrogens is 190 g/mol. The summed E-state index contributed by atoms with van der Waals surface area (Å²) in [5.74, 6) is 0. The minimum absolute atomic E-state index is 0.0421. The summed E-state index contributed by atoms with van der Waals surface area (Å²) in [5, 5.41) is 10.5. The molecule has 0 rings (SSSR count). The van der Waals surface area contributed by atoms with Gasteiger partial charge in [0.25, 0.3) is 0 Å². The summed E-state index contributed by atoms with van der Waals surface area (Å²) in [5.41, 5.74) is 0. The first-order chi connectivity index (χ1) is 7.06. The first-order valence-electron chi connectivity index (χ1n) is 5.66. The average molecular weight is 216 g/mol. The van der Waals surface area contributed by atoms with Gasteiger partial charge in [0.05, 0.1) is 6.61 Å². The maximum atomic E-state index is 10.5. The molecule has 0 bridgehead atoms. The Kier molecular flexibility index (Phi) is 9.00. The molecule has 0 amide bonds. The second-order valence-electron chi connectivity index (χ2n) is 4.51. The van der Waals surface area contributed by atoms with E-state index in [1.807, 2.05) is 0 Å².